The quantitative estimate of drug-likeness (QED) is 0.219. The summed E-state index contributed by atoms with van der Waals surface area (Å²) in [5.41, 5.74) is -0.703. The van der Waals surface area contributed by atoms with Gasteiger partial charge >= 0.3 is 11.9 Å². The smallest absolute Gasteiger partial charge is 0.323 e. The van der Waals surface area contributed by atoms with Crippen LogP contribution in [0.15, 0.2) is 61.6 Å². The largest absolute Gasteiger partial charge is 0.480 e. The van der Waals surface area contributed by atoms with Crippen molar-refractivity contribution in [1.29, 1.82) is 0 Å². The molecule has 0 spiro atoms. The van der Waals surface area contributed by atoms with Crippen molar-refractivity contribution < 1.29 is 42.0 Å². The molecule has 0 radical (unpaired) electrons. The minimum Gasteiger partial charge on any atom is -0.480 e. The Morgan fingerprint density at radius 2 is 1.70 bits per heavy atom. The summed E-state index contributed by atoms with van der Waals surface area (Å²) in [7, 11) is -4.20. The van der Waals surface area contributed by atoms with Crippen LogP contribution in [-0.4, -0.2) is 73.7 Å². The monoisotopic (exact) mass is 663 g/mol. The number of aromatic nitrogens is 1. The maximum Gasteiger partial charge on any atom is 0.323 e. The Morgan fingerprint density at radius 3 is 2.40 bits per heavy atom. The van der Waals surface area contributed by atoms with Gasteiger partial charge < -0.3 is 19.5 Å². The van der Waals surface area contributed by atoms with Crippen molar-refractivity contribution in [2.45, 2.75) is 17.9 Å². The van der Waals surface area contributed by atoms with Gasteiger partial charge in [-0.2, -0.15) is 8.42 Å². The van der Waals surface area contributed by atoms with Crippen molar-refractivity contribution in [2.24, 2.45) is 0 Å². The van der Waals surface area contributed by atoms with Crippen LogP contribution in [0.4, 0.5) is 5.69 Å². The minimum absolute atomic E-state index is 0.0892. The number of allylic oxidation sites excluding steroid dienone is 1. The van der Waals surface area contributed by atoms with E-state index in [-0.39, 0.29) is 33.2 Å². The van der Waals surface area contributed by atoms with E-state index in [0.29, 0.717) is 16.8 Å². The molecule has 0 unspecified atom stereocenters. The first-order valence-electron chi connectivity index (χ1n) is 12.4. The van der Waals surface area contributed by atoms with Gasteiger partial charge in [0.25, 0.3) is 21.6 Å². The highest BCUT2D eigenvalue weighted by Gasteiger charge is 2.36. The molecule has 2 aliphatic heterocycles. The maximum atomic E-state index is 13.2. The summed E-state index contributed by atoms with van der Waals surface area (Å²) < 4.78 is 38.4. The Balaban J connectivity index is 1.62. The molecule has 5 rings (SSSR count). The molecule has 17 heteroatoms. The number of carboxylic acids is 2. The molecular formula is C26H21N3O10S4. The van der Waals surface area contributed by atoms with E-state index in [2.05, 4.69) is 0 Å². The molecule has 1 aromatic heterocycles. The predicted molar refractivity (Wildman–Crippen MR) is 164 cm³/mol. The number of carbonyl (C=O) groups is 3. The fourth-order valence-electron chi connectivity index (χ4n) is 4.55. The molecule has 0 aliphatic carbocycles. The van der Waals surface area contributed by atoms with Crippen LogP contribution in [0.1, 0.15) is 6.42 Å². The molecule has 3 heterocycles. The lowest BCUT2D eigenvalue weighted by Gasteiger charge is -2.21. The number of benzene rings is 2. The molecule has 13 nitrogen and oxygen atoms in total. The number of thioether (sulfide) groups is 2. The zero-order valence-corrected chi connectivity index (χ0v) is 25.1. The lowest BCUT2D eigenvalue weighted by Crippen LogP contribution is -2.36. The number of amides is 1. The van der Waals surface area contributed by atoms with Gasteiger partial charge in [0.2, 0.25) is 5.55 Å². The van der Waals surface area contributed by atoms with Crippen molar-refractivity contribution in [3.05, 3.63) is 68.8 Å². The van der Waals surface area contributed by atoms with Crippen LogP contribution in [0.5, 0.6) is 0 Å². The average molecular weight is 664 g/mol. The lowest BCUT2D eigenvalue weighted by molar-refractivity contribution is -0.140. The number of aliphatic carboxylic acids is 2. The van der Waals surface area contributed by atoms with E-state index in [9.17, 15) is 37.3 Å². The van der Waals surface area contributed by atoms with E-state index >= 15 is 0 Å². The maximum absolute atomic E-state index is 13.2. The molecule has 1 fully saturated rings. The molecule has 2 aliphatic rings. The standard InChI is InChI=1S/C26H21N3O10S4/c30-19(31)12-28-23(34)16(39-25(28)22-24(35)29(13-20(32)33)26(40)42-22)7-9-18-27(10-3-11-43(36,37)38)21-15-5-2-1-4-14(15)6-8-17(21)41-18/h1-2,4-9H,3,10-13H2,(H,30,31)(H,32,33)(H,36,37,38). The van der Waals surface area contributed by atoms with Gasteiger partial charge in [0, 0.05) is 16.8 Å². The fourth-order valence-corrected chi connectivity index (χ4v) is 7.42. The normalized spacial score (nSPS) is 17.9. The molecule has 2 aromatic carbocycles. The third-order valence-electron chi connectivity index (χ3n) is 6.31. The summed E-state index contributed by atoms with van der Waals surface area (Å²) >= 11 is 7.15. The Hall–Kier alpha value is -3.90. The molecule has 0 atom stereocenters. The molecule has 1 saturated heterocycles. The van der Waals surface area contributed by atoms with Gasteiger partial charge in [0.05, 0.1) is 16.5 Å². The first kappa shape index (κ1) is 30.6. The number of nitrogens with zero attached hydrogens (tertiary/aromatic N) is 3. The molecular weight excluding hydrogens is 643 g/mol. The summed E-state index contributed by atoms with van der Waals surface area (Å²) in [4.78, 5) is 52.2. The van der Waals surface area contributed by atoms with Crippen LogP contribution in [0, 0.1) is 0 Å². The summed E-state index contributed by atoms with van der Waals surface area (Å²) in [6.07, 6.45) is 2.96. The lowest BCUT2D eigenvalue weighted by atomic mass is 10.1. The Morgan fingerprint density at radius 1 is 0.977 bits per heavy atom. The number of oxazole rings is 1. The highest BCUT2D eigenvalue weighted by atomic mass is 32.2. The highest BCUT2D eigenvalue weighted by molar-refractivity contribution is 8.30. The molecule has 3 aromatic rings. The number of rotatable bonds is 9. The number of hydrogen-bond donors (Lipinski definition) is 3. The van der Waals surface area contributed by atoms with Gasteiger partial charge in [0.15, 0.2) is 5.42 Å². The first-order chi connectivity index (χ1) is 20.3. The molecule has 1 amide bonds. The average Bonchev–Trinajstić information content (AvgIpc) is 3.53. The molecule has 0 saturated carbocycles. The van der Waals surface area contributed by atoms with Crippen molar-refractivity contribution >= 4 is 95.5 Å². The topological polar surface area (TPSA) is 188 Å². The molecule has 3 N–H and O–H groups in total. The molecule has 0 bridgehead atoms. The second-order valence-electron chi connectivity index (χ2n) is 9.24. The number of carbonyl (C=O) groups excluding carboxylic acids is 1. The predicted octanol–water partition coefficient (Wildman–Crippen LogP) is 1.24. The van der Waals surface area contributed by atoms with E-state index in [1.165, 1.54) is 17.8 Å². The first-order valence-corrected chi connectivity index (χ1v) is 16.0. The van der Waals surface area contributed by atoms with Gasteiger partial charge in [-0.1, -0.05) is 54.3 Å². The summed E-state index contributed by atoms with van der Waals surface area (Å²) in [6, 6.07) is 11.5. The summed E-state index contributed by atoms with van der Waals surface area (Å²) in [6.45, 7) is -1.35. The fraction of sp³-hybridized carbons (Fsp3) is 0.192. The Kier molecular flexibility index (Phi) is 8.53. The van der Waals surface area contributed by atoms with Crippen LogP contribution >= 0.6 is 35.7 Å². The third-order valence-corrected chi connectivity index (χ3v) is 9.65. The van der Waals surface area contributed by atoms with Gasteiger partial charge in [-0.3, -0.25) is 33.2 Å². The van der Waals surface area contributed by atoms with Crippen molar-refractivity contribution in [3.63, 3.8) is 0 Å². The van der Waals surface area contributed by atoms with E-state index in [4.69, 9.17) is 21.7 Å². The van der Waals surface area contributed by atoms with Crippen LogP contribution in [0.25, 0.3) is 21.8 Å². The zero-order valence-electron chi connectivity index (χ0n) is 21.8. The van der Waals surface area contributed by atoms with Crippen molar-refractivity contribution in [2.75, 3.05) is 23.7 Å². The Labute approximate surface area is 256 Å². The van der Waals surface area contributed by atoms with Gasteiger partial charge in [-0.25, -0.2) is 0 Å². The number of fused-ring (bicyclic) bond motifs is 3. The van der Waals surface area contributed by atoms with E-state index in [1.54, 1.807) is 6.08 Å². The SMILES string of the molecule is O=C(O)CN1C(=O)C(=c2oc(=CC=C3Sc4ccc5ccccc5c4N3CCCS(=O)(=O)O)c(=O)n2CC(=O)O)SC1=S. The summed E-state index contributed by atoms with van der Waals surface area (Å²) in [5.74, 6) is -4.00. The number of thiocarbonyl (C=S) groups is 1. The molecule has 43 heavy (non-hydrogen) atoms. The van der Waals surface area contributed by atoms with Crippen LogP contribution < -0.4 is 21.4 Å². The van der Waals surface area contributed by atoms with Crippen molar-refractivity contribution in [1.82, 2.24) is 9.47 Å². The zero-order chi connectivity index (χ0) is 31.1. The van der Waals surface area contributed by atoms with Gasteiger partial charge in [0.1, 0.15) is 22.3 Å². The highest BCUT2D eigenvalue weighted by Crippen LogP contribution is 2.49. The van der Waals surface area contributed by atoms with Gasteiger partial charge in [-0.15, -0.1) is 0 Å². The van der Waals surface area contributed by atoms with Crippen LogP contribution in [0.3, 0.4) is 0 Å². The number of hydrogen-bond acceptors (Lipinski definition) is 11. The second kappa shape index (κ2) is 12.0. The minimum atomic E-state index is -4.20. The van der Waals surface area contributed by atoms with Crippen LogP contribution in [0.2, 0.25) is 0 Å². The molecule has 224 valence electrons. The van der Waals surface area contributed by atoms with E-state index in [1.807, 2.05) is 41.3 Å². The van der Waals surface area contributed by atoms with Crippen molar-refractivity contribution in [3.8, 4) is 0 Å². The summed E-state index contributed by atoms with van der Waals surface area (Å²) in [5, 5.41) is 21.0. The second-order valence-corrected chi connectivity index (χ2v) is 13.5. The van der Waals surface area contributed by atoms with E-state index < -0.39 is 52.4 Å². The third kappa shape index (κ3) is 6.40. The van der Waals surface area contributed by atoms with E-state index in [0.717, 1.165) is 30.8 Å². The van der Waals surface area contributed by atoms with Crippen LogP contribution in [-0.2, 0) is 31.0 Å². The number of anilines is 1. The van der Waals surface area contributed by atoms with Gasteiger partial charge in [-0.05, 0) is 41.8 Å². The Bertz CT molecular complexity index is 2030. The number of carboxylic acid groups (broad SMARTS) is 2.